The molecule has 0 bridgehead atoms. The van der Waals surface area contributed by atoms with Crippen LogP contribution in [0.2, 0.25) is 0 Å². The zero-order valence-corrected chi connectivity index (χ0v) is 11.9. The Balaban J connectivity index is 2.61. The predicted octanol–water partition coefficient (Wildman–Crippen LogP) is 1.88. The lowest BCUT2D eigenvalue weighted by molar-refractivity contribution is -0.175. The van der Waals surface area contributed by atoms with Gasteiger partial charge in [0.25, 0.3) is 0 Å². The van der Waals surface area contributed by atoms with Gasteiger partial charge in [-0.05, 0) is 43.9 Å². The van der Waals surface area contributed by atoms with Gasteiger partial charge >= 0.3 is 5.97 Å². The minimum atomic E-state index is -1.42. The number of carbonyl (C=O) groups is 1. The Morgan fingerprint density at radius 2 is 1.89 bits per heavy atom. The lowest BCUT2D eigenvalue weighted by atomic mass is 9.67. The van der Waals surface area contributed by atoms with Crippen molar-refractivity contribution in [2.24, 2.45) is 11.3 Å². The molecule has 18 heavy (non-hydrogen) atoms. The first-order chi connectivity index (χ1) is 8.20. The summed E-state index contributed by atoms with van der Waals surface area (Å²) in [5, 5.41) is 20.3. The Morgan fingerprint density at radius 1 is 1.39 bits per heavy atom. The van der Waals surface area contributed by atoms with E-state index in [0.29, 0.717) is 18.8 Å². The molecule has 0 saturated heterocycles. The van der Waals surface area contributed by atoms with Gasteiger partial charge in [0.1, 0.15) is 5.60 Å². The Hall–Kier alpha value is -0.610. The SMILES string of the molecule is CCOC(=O)[C@H](O)C1(O)CCC(C(C)(C)C)CC1. The minimum Gasteiger partial charge on any atom is -0.464 e. The van der Waals surface area contributed by atoms with Gasteiger partial charge in [-0.1, -0.05) is 20.8 Å². The van der Waals surface area contributed by atoms with Crippen molar-refractivity contribution in [2.45, 2.75) is 65.1 Å². The van der Waals surface area contributed by atoms with E-state index >= 15 is 0 Å². The van der Waals surface area contributed by atoms with Gasteiger partial charge in [-0.2, -0.15) is 0 Å². The fraction of sp³-hybridized carbons (Fsp3) is 0.929. The number of aliphatic hydroxyl groups is 2. The topological polar surface area (TPSA) is 66.8 Å². The quantitative estimate of drug-likeness (QED) is 0.758. The van der Waals surface area contributed by atoms with E-state index in [1.807, 2.05) is 0 Å². The van der Waals surface area contributed by atoms with Crippen molar-refractivity contribution in [3.8, 4) is 0 Å². The van der Waals surface area contributed by atoms with E-state index in [4.69, 9.17) is 4.74 Å². The summed E-state index contributed by atoms with van der Waals surface area (Å²) in [6.07, 6.45) is 1.15. The van der Waals surface area contributed by atoms with Crippen LogP contribution in [0.5, 0.6) is 0 Å². The van der Waals surface area contributed by atoms with Gasteiger partial charge in [-0.3, -0.25) is 0 Å². The second-order valence-electron chi connectivity index (χ2n) is 6.40. The monoisotopic (exact) mass is 258 g/mol. The molecule has 4 nitrogen and oxygen atoms in total. The molecule has 0 aromatic carbocycles. The van der Waals surface area contributed by atoms with E-state index in [2.05, 4.69) is 20.8 Å². The highest BCUT2D eigenvalue weighted by Gasteiger charge is 2.45. The highest BCUT2D eigenvalue weighted by Crippen LogP contribution is 2.42. The molecule has 2 N–H and O–H groups in total. The molecule has 0 amide bonds. The summed E-state index contributed by atoms with van der Waals surface area (Å²) in [7, 11) is 0. The molecule has 1 rings (SSSR count). The average molecular weight is 258 g/mol. The van der Waals surface area contributed by atoms with Crippen molar-refractivity contribution in [3.05, 3.63) is 0 Å². The van der Waals surface area contributed by atoms with Crippen LogP contribution >= 0.6 is 0 Å². The fourth-order valence-electron chi connectivity index (χ4n) is 2.70. The normalized spacial score (nSPS) is 30.9. The summed E-state index contributed by atoms with van der Waals surface area (Å²) in [4.78, 5) is 11.5. The Labute approximate surface area is 109 Å². The second-order valence-corrected chi connectivity index (χ2v) is 6.40. The first-order valence-electron chi connectivity index (χ1n) is 6.78. The molecule has 1 atom stereocenters. The Kier molecular flexibility index (Phi) is 4.78. The van der Waals surface area contributed by atoms with Gasteiger partial charge in [0.05, 0.1) is 6.61 Å². The molecule has 0 radical (unpaired) electrons. The van der Waals surface area contributed by atoms with Gasteiger partial charge in [0.2, 0.25) is 0 Å². The highest BCUT2D eigenvalue weighted by molar-refractivity contribution is 5.75. The molecule has 0 spiro atoms. The van der Waals surface area contributed by atoms with Crippen LogP contribution in [-0.4, -0.2) is 34.5 Å². The zero-order valence-electron chi connectivity index (χ0n) is 11.9. The van der Waals surface area contributed by atoms with Crippen LogP contribution < -0.4 is 0 Å². The molecule has 106 valence electrons. The lowest BCUT2D eigenvalue weighted by Crippen LogP contribution is -2.50. The van der Waals surface area contributed by atoms with E-state index in [1.165, 1.54) is 0 Å². The van der Waals surface area contributed by atoms with Crippen molar-refractivity contribution in [3.63, 3.8) is 0 Å². The number of carbonyl (C=O) groups excluding carboxylic acids is 1. The molecule has 1 aliphatic carbocycles. The second kappa shape index (κ2) is 5.57. The number of rotatable bonds is 3. The van der Waals surface area contributed by atoms with Crippen LogP contribution in [-0.2, 0) is 9.53 Å². The van der Waals surface area contributed by atoms with Crippen LogP contribution in [0.25, 0.3) is 0 Å². The third-order valence-corrected chi connectivity index (χ3v) is 4.10. The molecule has 1 aliphatic rings. The van der Waals surface area contributed by atoms with Gasteiger partial charge in [-0.25, -0.2) is 4.79 Å². The van der Waals surface area contributed by atoms with Crippen molar-refractivity contribution in [1.29, 1.82) is 0 Å². The van der Waals surface area contributed by atoms with Crippen molar-refractivity contribution < 1.29 is 19.7 Å². The molecule has 4 heteroatoms. The molecule has 1 fully saturated rings. The van der Waals surface area contributed by atoms with Crippen LogP contribution in [0.4, 0.5) is 0 Å². The summed E-state index contributed by atoms with van der Waals surface area (Å²) in [6.45, 7) is 8.46. The van der Waals surface area contributed by atoms with Crippen LogP contribution in [0, 0.1) is 11.3 Å². The van der Waals surface area contributed by atoms with Gasteiger partial charge in [0, 0.05) is 0 Å². The summed E-state index contributed by atoms with van der Waals surface area (Å²) >= 11 is 0. The maximum atomic E-state index is 11.5. The minimum absolute atomic E-state index is 0.205. The van der Waals surface area contributed by atoms with Gasteiger partial charge < -0.3 is 14.9 Å². The Morgan fingerprint density at radius 3 is 2.28 bits per heavy atom. The number of hydrogen-bond acceptors (Lipinski definition) is 4. The third-order valence-electron chi connectivity index (χ3n) is 4.10. The molecular weight excluding hydrogens is 232 g/mol. The maximum Gasteiger partial charge on any atom is 0.337 e. The number of hydrogen-bond donors (Lipinski definition) is 2. The largest absolute Gasteiger partial charge is 0.464 e. The van der Waals surface area contributed by atoms with Crippen LogP contribution in [0.15, 0.2) is 0 Å². The predicted molar refractivity (Wildman–Crippen MR) is 69.0 cm³/mol. The van der Waals surface area contributed by atoms with Crippen molar-refractivity contribution >= 4 is 5.97 Å². The summed E-state index contributed by atoms with van der Waals surface area (Å²) < 4.78 is 4.77. The highest BCUT2D eigenvalue weighted by atomic mass is 16.5. The molecule has 0 aliphatic heterocycles. The van der Waals surface area contributed by atoms with Gasteiger partial charge in [-0.15, -0.1) is 0 Å². The standard InChI is InChI=1S/C14H26O4/c1-5-18-12(16)11(15)14(17)8-6-10(7-9-14)13(2,3)4/h10-11,15,17H,5-9H2,1-4H3/t10?,11-,14?/m0/s1. The van der Waals surface area contributed by atoms with E-state index in [-0.39, 0.29) is 12.0 Å². The zero-order chi connectivity index (χ0) is 14.0. The van der Waals surface area contributed by atoms with E-state index in [0.717, 1.165) is 12.8 Å². The summed E-state index contributed by atoms with van der Waals surface area (Å²) in [6, 6.07) is 0. The third kappa shape index (κ3) is 3.45. The van der Waals surface area contributed by atoms with E-state index in [1.54, 1.807) is 6.92 Å². The molecule has 0 heterocycles. The number of aliphatic hydroxyl groups excluding tert-OH is 1. The first-order valence-corrected chi connectivity index (χ1v) is 6.78. The number of esters is 1. The molecule has 0 unspecified atom stereocenters. The Bertz CT molecular complexity index is 285. The molecule has 0 aromatic rings. The molecular formula is C14H26O4. The summed E-state index contributed by atoms with van der Waals surface area (Å²) in [5.41, 5.74) is -1.11. The first kappa shape index (κ1) is 15.4. The van der Waals surface area contributed by atoms with Gasteiger partial charge in [0.15, 0.2) is 6.10 Å². The number of ether oxygens (including phenoxy) is 1. The fourth-order valence-corrected chi connectivity index (χ4v) is 2.70. The average Bonchev–Trinajstić information content (AvgIpc) is 2.27. The van der Waals surface area contributed by atoms with E-state index < -0.39 is 17.7 Å². The smallest absolute Gasteiger partial charge is 0.337 e. The van der Waals surface area contributed by atoms with Crippen molar-refractivity contribution in [2.75, 3.05) is 6.61 Å². The maximum absolute atomic E-state index is 11.5. The molecule has 1 saturated carbocycles. The van der Waals surface area contributed by atoms with E-state index in [9.17, 15) is 15.0 Å². The summed E-state index contributed by atoms with van der Waals surface area (Å²) in [5.74, 6) is -0.193. The van der Waals surface area contributed by atoms with Crippen LogP contribution in [0.3, 0.4) is 0 Å². The lowest BCUT2D eigenvalue weighted by Gasteiger charge is -2.42. The molecule has 0 aromatic heterocycles. The van der Waals surface area contributed by atoms with Crippen LogP contribution in [0.1, 0.15) is 53.4 Å². The van der Waals surface area contributed by atoms with Crippen molar-refractivity contribution in [1.82, 2.24) is 0 Å².